The summed E-state index contributed by atoms with van der Waals surface area (Å²) in [6, 6.07) is 11.6. The first-order valence-corrected chi connectivity index (χ1v) is 9.03. The molecule has 1 aliphatic heterocycles. The van der Waals surface area contributed by atoms with Gasteiger partial charge in [0, 0.05) is 17.5 Å². The highest BCUT2D eigenvalue weighted by atomic mass is 19.1. The summed E-state index contributed by atoms with van der Waals surface area (Å²) >= 11 is 0. The van der Waals surface area contributed by atoms with E-state index in [1.54, 1.807) is 12.1 Å². The normalized spacial score (nSPS) is 16.6. The number of aryl methyl sites for hydroxylation is 1. The summed E-state index contributed by atoms with van der Waals surface area (Å²) in [5, 5.41) is 3.53. The molecule has 5 nitrogen and oxygen atoms in total. The lowest BCUT2D eigenvalue weighted by atomic mass is 10.2. The van der Waals surface area contributed by atoms with Crippen molar-refractivity contribution in [1.82, 2.24) is 4.98 Å². The summed E-state index contributed by atoms with van der Waals surface area (Å²) in [5.74, 6) is -0.0322. The van der Waals surface area contributed by atoms with Crippen LogP contribution in [0.3, 0.4) is 0 Å². The van der Waals surface area contributed by atoms with Crippen LogP contribution in [0.25, 0.3) is 10.9 Å². The molecule has 6 heteroatoms. The van der Waals surface area contributed by atoms with Gasteiger partial charge in [0.05, 0.1) is 11.8 Å². The second kappa shape index (κ2) is 7.40. The van der Waals surface area contributed by atoms with Gasteiger partial charge in [-0.3, -0.25) is 4.79 Å². The molecule has 0 radical (unpaired) electrons. The zero-order chi connectivity index (χ0) is 18.8. The molecule has 2 aromatic carbocycles. The monoisotopic (exact) mass is 368 g/mol. The van der Waals surface area contributed by atoms with Crippen LogP contribution < -0.4 is 10.1 Å². The lowest BCUT2D eigenvalue weighted by molar-refractivity contribution is 0.0681. The van der Waals surface area contributed by atoms with Crippen LogP contribution in [0.4, 0.5) is 10.1 Å². The quantitative estimate of drug-likeness (QED) is 0.700. The summed E-state index contributed by atoms with van der Waals surface area (Å²) in [6.07, 6.45) is 2.13. The molecule has 1 fully saturated rings. The van der Waals surface area contributed by atoms with Crippen molar-refractivity contribution in [2.45, 2.75) is 25.9 Å². The van der Waals surface area contributed by atoms with Crippen molar-refractivity contribution in [3.8, 4) is 5.75 Å². The van der Waals surface area contributed by atoms with E-state index in [0.717, 1.165) is 25.0 Å². The SMILES string of the molecule is Cc1ccc(NC(=O)c2cc3cc(F)ccc3[nH]2)c(OCC2CCCO2)c1. The van der Waals surface area contributed by atoms with Gasteiger partial charge in [-0.15, -0.1) is 0 Å². The molecule has 0 aliphatic carbocycles. The van der Waals surface area contributed by atoms with Gasteiger partial charge in [0.2, 0.25) is 0 Å². The first-order chi connectivity index (χ1) is 13.1. The minimum absolute atomic E-state index is 0.0951. The molecular weight excluding hydrogens is 347 g/mol. The molecule has 4 rings (SSSR count). The predicted molar refractivity (Wildman–Crippen MR) is 102 cm³/mol. The topological polar surface area (TPSA) is 63.4 Å². The zero-order valence-electron chi connectivity index (χ0n) is 15.0. The third kappa shape index (κ3) is 3.95. The Kier molecular flexibility index (Phi) is 4.81. The van der Waals surface area contributed by atoms with E-state index >= 15 is 0 Å². The number of nitrogens with one attached hydrogen (secondary N) is 2. The molecule has 0 bridgehead atoms. The minimum atomic E-state index is -0.336. The van der Waals surface area contributed by atoms with Crippen molar-refractivity contribution < 1.29 is 18.7 Å². The molecule has 2 N–H and O–H groups in total. The molecule has 27 heavy (non-hydrogen) atoms. The molecule has 140 valence electrons. The van der Waals surface area contributed by atoms with Gasteiger partial charge in [-0.05, 0) is 61.7 Å². The van der Waals surface area contributed by atoms with Gasteiger partial charge in [-0.25, -0.2) is 4.39 Å². The van der Waals surface area contributed by atoms with Gasteiger partial charge in [0.25, 0.3) is 5.91 Å². The number of hydrogen-bond acceptors (Lipinski definition) is 3. The number of benzene rings is 2. The smallest absolute Gasteiger partial charge is 0.272 e. The number of aromatic nitrogens is 1. The van der Waals surface area contributed by atoms with Gasteiger partial charge < -0.3 is 19.8 Å². The van der Waals surface area contributed by atoms with E-state index in [1.807, 2.05) is 25.1 Å². The van der Waals surface area contributed by atoms with Crippen LogP contribution in [0, 0.1) is 12.7 Å². The van der Waals surface area contributed by atoms with Crippen molar-refractivity contribution >= 4 is 22.5 Å². The first kappa shape index (κ1) is 17.5. The van der Waals surface area contributed by atoms with Gasteiger partial charge in [-0.2, -0.15) is 0 Å². The summed E-state index contributed by atoms with van der Waals surface area (Å²) < 4.78 is 24.9. The molecular formula is C21H21FN2O3. The van der Waals surface area contributed by atoms with E-state index < -0.39 is 0 Å². The second-order valence-corrected chi connectivity index (χ2v) is 6.81. The van der Waals surface area contributed by atoms with E-state index in [2.05, 4.69) is 10.3 Å². The molecule has 1 amide bonds. The van der Waals surface area contributed by atoms with Crippen molar-refractivity contribution in [1.29, 1.82) is 0 Å². The van der Waals surface area contributed by atoms with Gasteiger partial charge in [-0.1, -0.05) is 6.07 Å². The number of halogens is 1. The van der Waals surface area contributed by atoms with E-state index in [4.69, 9.17) is 9.47 Å². The lowest BCUT2D eigenvalue weighted by Gasteiger charge is -2.15. The Bertz CT molecular complexity index is 977. The number of hydrogen-bond donors (Lipinski definition) is 2. The van der Waals surface area contributed by atoms with Gasteiger partial charge >= 0.3 is 0 Å². The van der Waals surface area contributed by atoms with Crippen LogP contribution in [0.2, 0.25) is 0 Å². The summed E-state index contributed by atoms with van der Waals surface area (Å²) in [4.78, 5) is 15.7. The average Bonchev–Trinajstić information content (AvgIpc) is 3.30. The fraction of sp³-hybridized carbons (Fsp3) is 0.286. The Morgan fingerprint density at radius 3 is 3.00 bits per heavy atom. The fourth-order valence-electron chi connectivity index (χ4n) is 3.23. The van der Waals surface area contributed by atoms with Crippen LogP contribution in [0.1, 0.15) is 28.9 Å². The van der Waals surface area contributed by atoms with Crippen molar-refractivity contribution in [2.24, 2.45) is 0 Å². The molecule has 3 aromatic rings. The standard InChI is InChI=1S/C21H21FN2O3/c1-13-4-6-18(20(9-13)27-12-16-3-2-8-26-16)24-21(25)19-11-14-10-15(22)5-7-17(14)23-19/h4-7,9-11,16,23H,2-3,8,12H2,1H3,(H,24,25). The molecule has 1 atom stereocenters. The van der Waals surface area contributed by atoms with Gasteiger partial charge in [0.15, 0.2) is 0 Å². The summed E-state index contributed by atoms with van der Waals surface area (Å²) in [5.41, 5.74) is 2.70. The Balaban J connectivity index is 1.52. The minimum Gasteiger partial charge on any atom is -0.489 e. The number of amides is 1. The maximum Gasteiger partial charge on any atom is 0.272 e. The third-order valence-electron chi connectivity index (χ3n) is 4.66. The molecule has 1 aromatic heterocycles. The van der Waals surface area contributed by atoms with Gasteiger partial charge in [0.1, 0.15) is 23.9 Å². The van der Waals surface area contributed by atoms with E-state index in [9.17, 15) is 9.18 Å². The molecule has 1 aliphatic rings. The summed E-state index contributed by atoms with van der Waals surface area (Å²) in [7, 11) is 0. The molecule has 0 saturated carbocycles. The van der Waals surface area contributed by atoms with Crippen molar-refractivity contribution in [3.63, 3.8) is 0 Å². The van der Waals surface area contributed by atoms with Crippen LogP contribution in [0.5, 0.6) is 5.75 Å². The largest absolute Gasteiger partial charge is 0.489 e. The van der Waals surface area contributed by atoms with E-state index in [0.29, 0.717) is 34.6 Å². The Morgan fingerprint density at radius 1 is 1.30 bits per heavy atom. The highest BCUT2D eigenvalue weighted by Crippen LogP contribution is 2.28. The Labute approximate surface area is 156 Å². The maximum atomic E-state index is 13.4. The number of carbonyl (C=O) groups is 1. The molecule has 1 saturated heterocycles. The van der Waals surface area contributed by atoms with E-state index in [-0.39, 0.29) is 17.8 Å². The van der Waals surface area contributed by atoms with E-state index in [1.165, 1.54) is 12.1 Å². The predicted octanol–water partition coefficient (Wildman–Crippen LogP) is 4.43. The molecule has 0 spiro atoms. The summed E-state index contributed by atoms with van der Waals surface area (Å²) in [6.45, 7) is 3.20. The number of H-pyrrole nitrogens is 1. The number of aromatic amines is 1. The number of carbonyl (C=O) groups excluding carboxylic acids is 1. The molecule has 1 unspecified atom stereocenters. The highest BCUT2D eigenvalue weighted by molar-refractivity contribution is 6.06. The highest BCUT2D eigenvalue weighted by Gasteiger charge is 2.18. The second-order valence-electron chi connectivity index (χ2n) is 6.81. The number of ether oxygens (including phenoxy) is 2. The van der Waals surface area contributed by atoms with Crippen molar-refractivity contribution in [2.75, 3.05) is 18.5 Å². The number of rotatable bonds is 5. The Morgan fingerprint density at radius 2 is 2.19 bits per heavy atom. The van der Waals surface area contributed by atoms with Crippen LogP contribution in [-0.2, 0) is 4.74 Å². The fourth-order valence-corrected chi connectivity index (χ4v) is 3.23. The van der Waals surface area contributed by atoms with Crippen LogP contribution in [0.15, 0.2) is 42.5 Å². The molecule has 2 heterocycles. The first-order valence-electron chi connectivity index (χ1n) is 9.03. The lowest BCUT2D eigenvalue weighted by Crippen LogP contribution is -2.18. The van der Waals surface area contributed by atoms with Crippen LogP contribution >= 0.6 is 0 Å². The maximum absolute atomic E-state index is 13.4. The number of fused-ring (bicyclic) bond motifs is 1. The number of anilines is 1. The Hall–Kier alpha value is -2.86. The average molecular weight is 368 g/mol. The zero-order valence-corrected chi connectivity index (χ0v) is 15.0. The third-order valence-corrected chi connectivity index (χ3v) is 4.66. The van der Waals surface area contributed by atoms with Crippen LogP contribution in [-0.4, -0.2) is 30.2 Å². The van der Waals surface area contributed by atoms with Crippen molar-refractivity contribution in [3.05, 3.63) is 59.5 Å².